The predicted molar refractivity (Wildman–Crippen MR) is 124 cm³/mol. The van der Waals surface area contributed by atoms with Crippen molar-refractivity contribution in [2.75, 3.05) is 0 Å². The maximum Gasteiger partial charge on any atom is 0.128 e. The lowest BCUT2D eigenvalue weighted by atomic mass is 9.68. The van der Waals surface area contributed by atoms with Crippen LogP contribution in [0.1, 0.15) is 122 Å². The number of hydrogen-bond acceptors (Lipinski definition) is 2. The normalized spacial score (nSPS) is 27.8. The van der Waals surface area contributed by atoms with Crippen LogP contribution >= 0.6 is 0 Å². The van der Waals surface area contributed by atoms with E-state index in [-0.39, 0.29) is 0 Å². The lowest BCUT2D eigenvalue weighted by Crippen LogP contribution is -2.26. The number of hydrogen-bond donors (Lipinski definition) is 0. The summed E-state index contributed by atoms with van der Waals surface area (Å²) in [5.41, 5.74) is 1.32. The van der Waals surface area contributed by atoms with E-state index in [1.807, 2.05) is 0 Å². The van der Waals surface area contributed by atoms with Crippen molar-refractivity contribution in [2.45, 2.75) is 123 Å². The highest BCUT2D eigenvalue weighted by Crippen LogP contribution is 2.42. The van der Waals surface area contributed by atoms with Crippen LogP contribution in [0, 0.1) is 23.7 Å². The molecule has 0 atom stereocenters. The number of aromatic nitrogens is 2. The Morgan fingerprint density at radius 2 is 1.28 bits per heavy atom. The Labute approximate surface area is 180 Å². The third kappa shape index (κ3) is 7.68. The first-order valence-corrected chi connectivity index (χ1v) is 13.1. The molecule has 0 N–H and O–H groups in total. The minimum atomic E-state index is 0.917. The molecule has 2 nitrogen and oxygen atoms in total. The molecule has 0 amide bonds. The molecule has 0 aliphatic heterocycles. The molecule has 0 unspecified atom stereocenters. The minimum Gasteiger partial charge on any atom is -0.241 e. The minimum absolute atomic E-state index is 0.917. The summed E-state index contributed by atoms with van der Waals surface area (Å²) in [6, 6.07) is 0. The molecule has 1 aromatic heterocycles. The molecule has 2 saturated carbocycles. The molecule has 1 heterocycles. The molecule has 2 heteroatoms. The summed E-state index contributed by atoms with van der Waals surface area (Å²) in [5, 5.41) is 0. The fourth-order valence-corrected chi connectivity index (χ4v) is 5.92. The third-order valence-corrected chi connectivity index (χ3v) is 8.13. The molecule has 0 radical (unpaired) electrons. The van der Waals surface area contributed by atoms with Gasteiger partial charge in [-0.05, 0) is 74.2 Å². The number of nitrogens with zero attached hydrogens (tertiary/aromatic N) is 2. The molecular formula is C27H46N2. The summed E-state index contributed by atoms with van der Waals surface area (Å²) in [4.78, 5) is 9.34. The molecule has 0 bridgehead atoms. The largest absolute Gasteiger partial charge is 0.241 e. The lowest BCUT2D eigenvalue weighted by Gasteiger charge is -2.37. The second-order valence-electron chi connectivity index (χ2n) is 10.2. The molecule has 2 aliphatic carbocycles. The molecule has 0 aromatic carbocycles. The van der Waals surface area contributed by atoms with E-state index in [0.717, 1.165) is 42.3 Å². The zero-order valence-electron chi connectivity index (χ0n) is 19.4. The van der Waals surface area contributed by atoms with Crippen LogP contribution in [0.4, 0.5) is 0 Å². The lowest BCUT2D eigenvalue weighted by molar-refractivity contribution is 0.142. The van der Waals surface area contributed by atoms with Crippen LogP contribution in [0.5, 0.6) is 0 Å². The van der Waals surface area contributed by atoms with Gasteiger partial charge < -0.3 is 0 Å². The summed E-state index contributed by atoms with van der Waals surface area (Å²) < 4.78 is 0. The monoisotopic (exact) mass is 398 g/mol. The SMILES string of the molecule is CCCCCCCc1cnc(CCC2CCC(C3CCC(CC)CC3)CC2)nc1. The summed E-state index contributed by atoms with van der Waals surface area (Å²) in [7, 11) is 0. The van der Waals surface area contributed by atoms with E-state index < -0.39 is 0 Å². The van der Waals surface area contributed by atoms with Gasteiger partial charge in [0.25, 0.3) is 0 Å². The van der Waals surface area contributed by atoms with Gasteiger partial charge in [-0.1, -0.05) is 71.6 Å². The van der Waals surface area contributed by atoms with Gasteiger partial charge in [0.15, 0.2) is 0 Å². The maximum atomic E-state index is 4.67. The van der Waals surface area contributed by atoms with Crippen LogP contribution in [0.2, 0.25) is 0 Å². The topological polar surface area (TPSA) is 25.8 Å². The smallest absolute Gasteiger partial charge is 0.128 e. The van der Waals surface area contributed by atoms with Gasteiger partial charge in [0.05, 0.1) is 0 Å². The van der Waals surface area contributed by atoms with Crippen LogP contribution in [-0.2, 0) is 12.8 Å². The summed E-state index contributed by atoms with van der Waals surface area (Å²) in [6.07, 6.45) is 27.7. The van der Waals surface area contributed by atoms with E-state index in [2.05, 4.69) is 36.2 Å². The van der Waals surface area contributed by atoms with Crippen LogP contribution in [0.15, 0.2) is 12.4 Å². The van der Waals surface area contributed by atoms with Crippen LogP contribution < -0.4 is 0 Å². The zero-order chi connectivity index (χ0) is 20.3. The summed E-state index contributed by atoms with van der Waals surface area (Å²) >= 11 is 0. The van der Waals surface area contributed by atoms with Crippen molar-refractivity contribution < 1.29 is 0 Å². The highest BCUT2D eigenvalue weighted by atomic mass is 14.9. The molecule has 29 heavy (non-hydrogen) atoms. The molecule has 3 rings (SSSR count). The van der Waals surface area contributed by atoms with E-state index in [0.29, 0.717) is 0 Å². The van der Waals surface area contributed by atoms with E-state index in [1.54, 1.807) is 0 Å². The summed E-state index contributed by atoms with van der Waals surface area (Å²) in [6.45, 7) is 4.65. The van der Waals surface area contributed by atoms with E-state index in [4.69, 9.17) is 0 Å². The van der Waals surface area contributed by atoms with Gasteiger partial charge in [0.2, 0.25) is 0 Å². The maximum absolute atomic E-state index is 4.67. The molecule has 1 aromatic rings. The zero-order valence-corrected chi connectivity index (χ0v) is 19.4. The summed E-state index contributed by atoms with van der Waals surface area (Å²) in [5.74, 6) is 5.11. The first-order valence-electron chi connectivity index (χ1n) is 13.1. The molecule has 2 fully saturated rings. The highest BCUT2D eigenvalue weighted by Gasteiger charge is 2.30. The van der Waals surface area contributed by atoms with Gasteiger partial charge in [-0.3, -0.25) is 0 Å². The first kappa shape index (κ1) is 22.8. The van der Waals surface area contributed by atoms with E-state index in [1.165, 1.54) is 102 Å². The molecule has 0 saturated heterocycles. The molecule has 164 valence electrons. The molecular weight excluding hydrogens is 352 g/mol. The number of unbranched alkanes of at least 4 members (excludes halogenated alkanes) is 4. The van der Waals surface area contributed by atoms with Crippen LogP contribution in [-0.4, -0.2) is 9.97 Å². The van der Waals surface area contributed by atoms with Crippen molar-refractivity contribution in [3.63, 3.8) is 0 Å². The fourth-order valence-electron chi connectivity index (χ4n) is 5.92. The van der Waals surface area contributed by atoms with Gasteiger partial charge >= 0.3 is 0 Å². The van der Waals surface area contributed by atoms with Gasteiger partial charge in [0, 0.05) is 18.8 Å². The molecule has 0 spiro atoms. The van der Waals surface area contributed by atoms with Crippen molar-refractivity contribution in [1.82, 2.24) is 9.97 Å². The average Bonchev–Trinajstić information content (AvgIpc) is 2.79. The number of rotatable bonds is 11. The van der Waals surface area contributed by atoms with Crippen LogP contribution in [0.25, 0.3) is 0 Å². The Kier molecular flexibility index (Phi) is 9.97. The first-order chi connectivity index (χ1) is 14.3. The number of aryl methyl sites for hydroxylation is 2. The Bertz CT molecular complexity index is 536. The van der Waals surface area contributed by atoms with Crippen molar-refractivity contribution in [2.24, 2.45) is 23.7 Å². The van der Waals surface area contributed by atoms with Gasteiger partial charge in [0.1, 0.15) is 5.82 Å². The second-order valence-corrected chi connectivity index (χ2v) is 10.2. The quantitative estimate of drug-likeness (QED) is 0.353. The Hall–Kier alpha value is -0.920. The van der Waals surface area contributed by atoms with Crippen molar-refractivity contribution in [3.05, 3.63) is 23.8 Å². The third-order valence-electron chi connectivity index (χ3n) is 8.13. The standard InChI is InChI=1S/C27H46N2/c1-3-5-6-7-8-9-24-20-28-27(29-21-24)19-14-23-12-17-26(18-13-23)25-15-10-22(4-2)11-16-25/h20-23,25-26H,3-19H2,1-2H3. The predicted octanol–water partition coefficient (Wildman–Crippen LogP) is 7.94. The highest BCUT2D eigenvalue weighted by molar-refractivity contribution is 5.05. The van der Waals surface area contributed by atoms with Crippen LogP contribution in [0.3, 0.4) is 0 Å². The Morgan fingerprint density at radius 3 is 1.86 bits per heavy atom. The van der Waals surface area contributed by atoms with Crippen molar-refractivity contribution in [3.8, 4) is 0 Å². The van der Waals surface area contributed by atoms with Crippen molar-refractivity contribution >= 4 is 0 Å². The van der Waals surface area contributed by atoms with Crippen molar-refractivity contribution in [1.29, 1.82) is 0 Å². The fraction of sp³-hybridized carbons (Fsp3) is 0.852. The average molecular weight is 399 g/mol. The second kappa shape index (κ2) is 12.7. The van der Waals surface area contributed by atoms with Gasteiger partial charge in [-0.15, -0.1) is 0 Å². The van der Waals surface area contributed by atoms with Gasteiger partial charge in [-0.25, -0.2) is 9.97 Å². The Morgan fingerprint density at radius 1 is 0.690 bits per heavy atom. The van der Waals surface area contributed by atoms with E-state index in [9.17, 15) is 0 Å². The van der Waals surface area contributed by atoms with Gasteiger partial charge in [-0.2, -0.15) is 0 Å². The van der Waals surface area contributed by atoms with E-state index >= 15 is 0 Å². The molecule has 2 aliphatic rings. The Balaban J connectivity index is 1.30.